The normalized spacial score (nSPS) is 11.4. The van der Waals surface area contributed by atoms with E-state index in [2.05, 4.69) is 20.7 Å². The largest absolute Gasteiger partial charge is 0.280 e. The van der Waals surface area contributed by atoms with Crippen molar-refractivity contribution in [1.82, 2.24) is 0 Å². The average molecular weight is 413 g/mol. The minimum absolute atomic E-state index is 0.0868. The lowest BCUT2D eigenvalue weighted by molar-refractivity contribution is 0.601. The van der Waals surface area contributed by atoms with Crippen LogP contribution in [0.15, 0.2) is 41.3 Å². The van der Waals surface area contributed by atoms with Crippen LogP contribution >= 0.6 is 39.1 Å². The second kappa shape index (κ2) is 6.52. The molecule has 0 spiro atoms. The maximum absolute atomic E-state index is 13.3. The number of hydrogen-bond donors (Lipinski definition) is 1. The van der Waals surface area contributed by atoms with E-state index in [0.717, 1.165) is 17.7 Å². The van der Waals surface area contributed by atoms with Crippen LogP contribution in [0.5, 0.6) is 0 Å². The Morgan fingerprint density at radius 3 is 2.10 bits per heavy atom. The van der Waals surface area contributed by atoms with Crippen molar-refractivity contribution in [2.75, 3.05) is 4.72 Å². The Labute approximate surface area is 140 Å². The predicted octanol–water partition coefficient (Wildman–Crippen LogP) is 4.83. The molecular weight excluding hydrogens is 404 g/mol. The number of rotatable bonds is 4. The zero-order valence-corrected chi connectivity index (χ0v) is 14.3. The fourth-order valence-corrected chi connectivity index (χ4v) is 3.49. The molecule has 0 atom stereocenters. The lowest BCUT2D eigenvalue weighted by Crippen LogP contribution is -2.13. The molecule has 112 valence electrons. The smallest absolute Gasteiger partial charge is 0.261 e. The average Bonchev–Trinajstić information content (AvgIpc) is 2.44. The number of anilines is 1. The summed E-state index contributed by atoms with van der Waals surface area (Å²) in [6, 6.07) is 8.65. The van der Waals surface area contributed by atoms with Crippen molar-refractivity contribution in [2.24, 2.45) is 0 Å². The Morgan fingerprint density at radius 1 is 1.10 bits per heavy atom. The molecule has 0 heterocycles. The molecule has 2 aromatic carbocycles. The Hall–Kier alpha value is -0.820. The second-order valence-corrected chi connectivity index (χ2v) is 7.19. The molecule has 1 N–H and O–H groups in total. The first kappa shape index (κ1) is 16.5. The number of hydrogen-bond acceptors (Lipinski definition) is 2. The first-order valence-corrected chi connectivity index (χ1v) is 9.02. The van der Waals surface area contributed by atoms with Gasteiger partial charge in [-0.05, 0) is 29.8 Å². The maximum Gasteiger partial charge on any atom is 0.261 e. The van der Waals surface area contributed by atoms with E-state index in [1.165, 1.54) is 12.1 Å². The van der Waals surface area contributed by atoms with E-state index < -0.39 is 15.8 Å². The minimum atomic E-state index is -3.79. The van der Waals surface area contributed by atoms with Gasteiger partial charge in [0, 0.05) is 5.33 Å². The number of halogens is 4. The Kier molecular flexibility index (Phi) is 5.14. The first-order chi connectivity index (χ1) is 9.83. The zero-order chi connectivity index (χ0) is 15.6. The number of benzene rings is 2. The van der Waals surface area contributed by atoms with Crippen LogP contribution in [0.25, 0.3) is 0 Å². The summed E-state index contributed by atoms with van der Waals surface area (Å²) in [5, 5.41) is 0.119. The molecule has 0 saturated carbocycles. The van der Waals surface area contributed by atoms with Crippen LogP contribution in [0.2, 0.25) is 10.0 Å². The molecule has 0 unspecified atom stereocenters. The van der Waals surface area contributed by atoms with Gasteiger partial charge >= 0.3 is 0 Å². The molecule has 21 heavy (non-hydrogen) atoms. The molecule has 0 bridgehead atoms. The van der Waals surface area contributed by atoms with Crippen molar-refractivity contribution in [3.05, 3.63) is 57.8 Å². The van der Waals surface area contributed by atoms with Crippen LogP contribution in [0.4, 0.5) is 10.1 Å². The molecule has 0 aliphatic heterocycles. The van der Waals surface area contributed by atoms with E-state index in [4.69, 9.17) is 23.2 Å². The Morgan fingerprint density at radius 2 is 1.62 bits per heavy atom. The molecule has 0 aromatic heterocycles. The maximum atomic E-state index is 13.3. The van der Waals surface area contributed by atoms with Gasteiger partial charge < -0.3 is 0 Å². The second-order valence-electron chi connectivity index (χ2n) is 4.14. The summed E-state index contributed by atoms with van der Waals surface area (Å²) >= 11 is 14.5. The van der Waals surface area contributed by atoms with E-state index in [1.54, 1.807) is 12.1 Å². The molecule has 0 saturated heterocycles. The highest BCUT2D eigenvalue weighted by atomic mass is 79.9. The van der Waals surface area contributed by atoms with Crippen molar-refractivity contribution in [3.8, 4) is 0 Å². The van der Waals surface area contributed by atoms with Crippen LogP contribution in [0, 0.1) is 5.82 Å². The standard InChI is InChI=1S/C13H9BrCl2FNO2S/c14-7-8-1-3-10(4-2-8)21(19,20)18-9-5-11(15)13(17)12(16)6-9/h1-6,18H,7H2. The van der Waals surface area contributed by atoms with E-state index in [9.17, 15) is 12.8 Å². The van der Waals surface area contributed by atoms with E-state index in [0.29, 0.717) is 5.33 Å². The van der Waals surface area contributed by atoms with Gasteiger partial charge in [-0.15, -0.1) is 0 Å². The third kappa shape index (κ3) is 3.88. The predicted molar refractivity (Wildman–Crippen MR) is 86.3 cm³/mol. The van der Waals surface area contributed by atoms with Crippen molar-refractivity contribution in [3.63, 3.8) is 0 Å². The number of sulfonamides is 1. The molecule has 0 amide bonds. The van der Waals surface area contributed by atoms with Crippen LogP contribution in [0.1, 0.15) is 5.56 Å². The van der Waals surface area contributed by atoms with Gasteiger partial charge in [0.2, 0.25) is 0 Å². The fraction of sp³-hybridized carbons (Fsp3) is 0.0769. The van der Waals surface area contributed by atoms with Crippen molar-refractivity contribution < 1.29 is 12.8 Å². The Bertz CT molecular complexity index is 743. The first-order valence-electron chi connectivity index (χ1n) is 5.66. The van der Waals surface area contributed by atoms with Gasteiger partial charge in [0.25, 0.3) is 10.0 Å². The summed E-state index contributed by atoms with van der Waals surface area (Å²) in [4.78, 5) is 0.0868. The third-order valence-corrected chi connectivity index (χ3v) is 5.22. The summed E-state index contributed by atoms with van der Waals surface area (Å²) in [6.45, 7) is 0. The molecule has 2 aromatic rings. The van der Waals surface area contributed by atoms with Crippen LogP contribution < -0.4 is 4.72 Å². The van der Waals surface area contributed by atoms with Crippen molar-refractivity contribution in [1.29, 1.82) is 0 Å². The molecule has 3 nitrogen and oxygen atoms in total. The highest BCUT2D eigenvalue weighted by Crippen LogP contribution is 2.28. The van der Waals surface area contributed by atoms with Gasteiger partial charge in [-0.2, -0.15) is 0 Å². The van der Waals surface area contributed by atoms with Gasteiger partial charge in [0.1, 0.15) is 0 Å². The van der Waals surface area contributed by atoms with E-state index in [-0.39, 0.29) is 20.6 Å². The summed E-state index contributed by atoms with van der Waals surface area (Å²) in [5.74, 6) is -0.789. The van der Waals surface area contributed by atoms with Crippen molar-refractivity contribution >= 4 is 54.8 Å². The SMILES string of the molecule is O=S(=O)(Nc1cc(Cl)c(F)c(Cl)c1)c1ccc(CBr)cc1. The van der Waals surface area contributed by atoms with Gasteiger partial charge in [-0.1, -0.05) is 51.3 Å². The molecule has 2 rings (SSSR count). The summed E-state index contributed by atoms with van der Waals surface area (Å²) in [6.07, 6.45) is 0. The van der Waals surface area contributed by atoms with Crippen LogP contribution in [-0.4, -0.2) is 8.42 Å². The lowest BCUT2D eigenvalue weighted by atomic mass is 10.2. The molecule has 0 fully saturated rings. The van der Waals surface area contributed by atoms with E-state index in [1.807, 2.05) is 0 Å². The van der Waals surface area contributed by atoms with Gasteiger partial charge in [-0.25, -0.2) is 12.8 Å². The molecule has 0 aliphatic rings. The summed E-state index contributed by atoms with van der Waals surface area (Å²) < 4.78 is 40.0. The molecule has 0 radical (unpaired) electrons. The third-order valence-electron chi connectivity index (χ3n) is 2.62. The summed E-state index contributed by atoms with van der Waals surface area (Å²) in [7, 11) is -3.79. The number of alkyl halides is 1. The van der Waals surface area contributed by atoms with Gasteiger partial charge in [0.15, 0.2) is 5.82 Å². The Balaban J connectivity index is 2.32. The topological polar surface area (TPSA) is 46.2 Å². The minimum Gasteiger partial charge on any atom is -0.280 e. The summed E-state index contributed by atoms with van der Waals surface area (Å²) in [5.41, 5.74) is 1.04. The van der Waals surface area contributed by atoms with Gasteiger partial charge in [0.05, 0.1) is 20.6 Å². The monoisotopic (exact) mass is 411 g/mol. The van der Waals surface area contributed by atoms with E-state index >= 15 is 0 Å². The highest BCUT2D eigenvalue weighted by molar-refractivity contribution is 9.08. The molecular formula is C13H9BrCl2FNO2S. The lowest BCUT2D eigenvalue weighted by Gasteiger charge is -2.10. The number of nitrogens with one attached hydrogen (secondary N) is 1. The quantitative estimate of drug-likeness (QED) is 0.577. The zero-order valence-electron chi connectivity index (χ0n) is 10.4. The van der Waals surface area contributed by atoms with Crippen molar-refractivity contribution in [2.45, 2.75) is 10.2 Å². The fourth-order valence-electron chi connectivity index (χ4n) is 1.59. The molecule has 8 heteroatoms. The van der Waals surface area contributed by atoms with Crippen LogP contribution in [0.3, 0.4) is 0 Å². The van der Waals surface area contributed by atoms with Crippen LogP contribution in [-0.2, 0) is 15.4 Å². The highest BCUT2D eigenvalue weighted by Gasteiger charge is 2.16. The molecule has 0 aliphatic carbocycles. The van der Waals surface area contributed by atoms with Gasteiger partial charge in [-0.3, -0.25) is 4.72 Å².